The number of para-hydroxylation sites is 1. The lowest BCUT2D eigenvalue weighted by Crippen LogP contribution is -2.33. The molecule has 28 heavy (non-hydrogen) atoms. The number of nitrogens with one attached hydrogen (secondary N) is 2. The van der Waals surface area contributed by atoms with E-state index in [0.29, 0.717) is 23.8 Å². The maximum Gasteiger partial charge on any atom is 0.287 e. The number of aromatic nitrogens is 3. The van der Waals surface area contributed by atoms with Crippen molar-refractivity contribution >= 4 is 28.4 Å². The highest BCUT2D eigenvalue weighted by atomic mass is 16.2. The molecule has 2 N–H and O–H groups in total. The molecule has 0 spiro atoms. The van der Waals surface area contributed by atoms with Crippen molar-refractivity contribution in [1.29, 1.82) is 0 Å². The number of benzene rings is 1. The van der Waals surface area contributed by atoms with Crippen molar-refractivity contribution in [3.05, 3.63) is 53.7 Å². The van der Waals surface area contributed by atoms with Gasteiger partial charge in [-0.2, -0.15) is 0 Å². The minimum absolute atomic E-state index is 0.00285. The largest absolute Gasteiger partial charge is 0.347 e. The molecule has 0 saturated heterocycles. The van der Waals surface area contributed by atoms with Crippen LogP contribution in [-0.4, -0.2) is 32.4 Å². The number of carbonyl (C=O) groups excluding carboxylic acids is 2. The summed E-state index contributed by atoms with van der Waals surface area (Å²) in [4.78, 5) is 34.4. The first-order chi connectivity index (χ1) is 13.5. The van der Waals surface area contributed by atoms with E-state index in [1.54, 1.807) is 6.20 Å². The van der Waals surface area contributed by atoms with Gasteiger partial charge in [0, 0.05) is 24.2 Å². The summed E-state index contributed by atoms with van der Waals surface area (Å²) >= 11 is 0. The standard InChI is InChI=1S/C21H23N5O2/c1-13(2)23-21(28)19-25-18(16-10-3-4-12-26(16)19)20(27)24-15-9-5-7-14-8-6-11-22-17(14)15/h5-9,11,13H,3-4,10,12H2,1-2H3,(H,23,28)(H,24,27). The Hall–Kier alpha value is -3.22. The predicted octanol–water partition coefficient (Wildman–Crippen LogP) is 3.16. The summed E-state index contributed by atoms with van der Waals surface area (Å²) in [6.07, 6.45) is 4.38. The van der Waals surface area contributed by atoms with Gasteiger partial charge in [-0.3, -0.25) is 14.6 Å². The minimum Gasteiger partial charge on any atom is -0.347 e. The van der Waals surface area contributed by atoms with E-state index in [1.165, 1.54) is 0 Å². The van der Waals surface area contributed by atoms with Gasteiger partial charge in [0.25, 0.3) is 11.8 Å². The number of anilines is 1. The maximum absolute atomic E-state index is 13.0. The molecule has 4 rings (SSSR count). The zero-order chi connectivity index (χ0) is 19.7. The highest BCUT2D eigenvalue weighted by molar-refractivity contribution is 6.08. The molecule has 0 fully saturated rings. The Morgan fingerprint density at radius 2 is 1.93 bits per heavy atom. The van der Waals surface area contributed by atoms with Gasteiger partial charge >= 0.3 is 0 Å². The number of pyridine rings is 1. The lowest BCUT2D eigenvalue weighted by molar-refractivity contribution is 0.0927. The Labute approximate surface area is 163 Å². The second-order valence-electron chi connectivity index (χ2n) is 7.30. The first-order valence-corrected chi connectivity index (χ1v) is 9.60. The van der Waals surface area contributed by atoms with Crippen LogP contribution < -0.4 is 10.6 Å². The molecule has 0 aliphatic carbocycles. The fraction of sp³-hybridized carbons (Fsp3) is 0.333. The van der Waals surface area contributed by atoms with E-state index >= 15 is 0 Å². The topological polar surface area (TPSA) is 88.9 Å². The van der Waals surface area contributed by atoms with Crippen molar-refractivity contribution in [3.8, 4) is 0 Å². The van der Waals surface area contributed by atoms with Crippen LogP contribution in [0.5, 0.6) is 0 Å². The predicted molar refractivity (Wildman–Crippen MR) is 107 cm³/mol. The zero-order valence-corrected chi connectivity index (χ0v) is 16.0. The molecule has 3 aromatic rings. The Morgan fingerprint density at radius 3 is 2.75 bits per heavy atom. The molecule has 0 bridgehead atoms. The molecule has 2 aromatic heterocycles. The summed E-state index contributed by atoms with van der Waals surface area (Å²) in [5, 5.41) is 6.76. The van der Waals surface area contributed by atoms with Crippen LogP contribution >= 0.6 is 0 Å². The molecule has 1 aliphatic rings. The van der Waals surface area contributed by atoms with Crippen LogP contribution in [-0.2, 0) is 13.0 Å². The summed E-state index contributed by atoms with van der Waals surface area (Å²) in [7, 11) is 0. The second-order valence-corrected chi connectivity index (χ2v) is 7.30. The quantitative estimate of drug-likeness (QED) is 0.731. The van der Waals surface area contributed by atoms with Gasteiger partial charge in [-0.1, -0.05) is 18.2 Å². The van der Waals surface area contributed by atoms with E-state index in [1.807, 2.05) is 48.7 Å². The van der Waals surface area contributed by atoms with Gasteiger partial charge in [-0.05, 0) is 45.2 Å². The van der Waals surface area contributed by atoms with Crippen LogP contribution in [0.25, 0.3) is 10.9 Å². The second kappa shape index (κ2) is 7.42. The van der Waals surface area contributed by atoms with E-state index in [2.05, 4.69) is 20.6 Å². The molecule has 7 nitrogen and oxygen atoms in total. The van der Waals surface area contributed by atoms with Crippen LogP contribution in [0.4, 0.5) is 5.69 Å². The first kappa shape index (κ1) is 18.2. The number of hydrogen-bond acceptors (Lipinski definition) is 4. The minimum atomic E-state index is -0.313. The van der Waals surface area contributed by atoms with Crippen molar-refractivity contribution < 1.29 is 9.59 Å². The first-order valence-electron chi connectivity index (χ1n) is 9.60. The third-order valence-electron chi connectivity index (χ3n) is 4.84. The number of nitrogens with zero attached hydrogens (tertiary/aromatic N) is 3. The fourth-order valence-electron chi connectivity index (χ4n) is 3.61. The van der Waals surface area contributed by atoms with Crippen LogP contribution in [0.15, 0.2) is 36.5 Å². The average Bonchev–Trinajstić information content (AvgIpc) is 3.08. The Morgan fingerprint density at radius 1 is 1.11 bits per heavy atom. The molecule has 0 saturated carbocycles. The molecular formula is C21H23N5O2. The molecule has 0 unspecified atom stereocenters. The number of fused-ring (bicyclic) bond motifs is 2. The molecule has 1 aromatic carbocycles. The van der Waals surface area contributed by atoms with Crippen molar-refractivity contribution in [2.24, 2.45) is 0 Å². The van der Waals surface area contributed by atoms with Crippen molar-refractivity contribution in [2.75, 3.05) is 5.32 Å². The SMILES string of the molecule is CC(C)NC(=O)c1nc(C(=O)Nc2cccc3cccnc23)c2n1CCCC2. The van der Waals surface area contributed by atoms with Gasteiger partial charge in [0.1, 0.15) is 0 Å². The number of imidazole rings is 1. The molecular weight excluding hydrogens is 354 g/mol. The Kier molecular flexibility index (Phi) is 4.81. The van der Waals surface area contributed by atoms with Crippen molar-refractivity contribution in [3.63, 3.8) is 0 Å². The molecule has 7 heteroatoms. The average molecular weight is 377 g/mol. The van der Waals surface area contributed by atoms with Crippen LogP contribution in [0.3, 0.4) is 0 Å². The third-order valence-corrected chi connectivity index (χ3v) is 4.84. The molecule has 144 valence electrons. The summed E-state index contributed by atoms with van der Waals surface area (Å²) in [6, 6.07) is 9.46. The normalized spacial score (nSPS) is 13.4. The lowest BCUT2D eigenvalue weighted by Gasteiger charge is -2.17. The van der Waals surface area contributed by atoms with Gasteiger partial charge in [0.15, 0.2) is 11.5 Å². The summed E-state index contributed by atoms with van der Waals surface area (Å²) in [5.74, 6) is -0.249. The molecule has 0 atom stereocenters. The van der Waals surface area contributed by atoms with Crippen LogP contribution in [0, 0.1) is 0 Å². The highest BCUT2D eigenvalue weighted by Gasteiger charge is 2.28. The maximum atomic E-state index is 13.0. The smallest absolute Gasteiger partial charge is 0.287 e. The van der Waals surface area contributed by atoms with E-state index in [4.69, 9.17) is 0 Å². The summed E-state index contributed by atoms with van der Waals surface area (Å²) < 4.78 is 1.89. The van der Waals surface area contributed by atoms with Crippen molar-refractivity contribution in [1.82, 2.24) is 19.9 Å². The van der Waals surface area contributed by atoms with Gasteiger partial charge in [-0.15, -0.1) is 0 Å². The Bertz CT molecular complexity index is 1050. The number of amides is 2. The monoisotopic (exact) mass is 377 g/mol. The summed E-state index contributed by atoms with van der Waals surface area (Å²) in [6.45, 7) is 4.50. The third kappa shape index (κ3) is 3.35. The Balaban J connectivity index is 1.69. The van der Waals surface area contributed by atoms with E-state index in [-0.39, 0.29) is 17.9 Å². The van der Waals surface area contributed by atoms with E-state index in [9.17, 15) is 9.59 Å². The number of carbonyl (C=O) groups is 2. The zero-order valence-electron chi connectivity index (χ0n) is 16.0. The lowest BCUT2D eigenvalue weighted by atomic mass is 10.1. The van der Waals surface area contributed by atoms with Gasteiger partial charge in [0.05, 0.1) is 16.9 Å². The van der Waals surface area contributed by atoms with Crippen molar-refractivity contribution in [2.45, 2.75) is 45.7 Å². The number of rotatable bonds is 4. The van der Waals surface area contributed by atoms with E-state index in [0.717, 1.165) is 35.9 Å². The number of hydrogen-bond donors (Lipinski definition) is 2. The van der Waals surface area contributed by atoms with Gasteiger partial charge < -0.3 is 15.2 Å². The van der Waals surface area contributed by atoms with E-state index < -0.39 is 0 Å². The molecule has 1 aliphatic heterocycles. The molecule has 0 radical (unpaired) electrons. The fourth-order valence-corrected chi connectivity index (χ4v) is 3.61. The van der Waals surface area contributed by atoms with Gasteiger partial charge in [0.2, 0.25) is 0 Å². The van der Waals surface area contributed by atoms with Gasteiger partial charge in [-0.25, -0.2) is 4.98 Å². The molecule has 3 heterocycles. The van der Waals surface area contributed by atoms with Crippen LogP contribution in [0.1, 0.15) is 53.5 Å². The van der Waals surface area contributed by atoms with Crippen LogP contribution in [0.2, 0.25) is 0 Å². The summed E-state index contributed by atoms with van der Waals surface area (Å²) in [5.41, 5.74) is 2.51. The molecule has 2 amide bonds. The highest BCUT2D eigenvalue weighted by Crippen LogP contribution is 2.24.